The SMILES string of the molecule is C=C(/C=C\C=C/C)N1C(=O)C2=c3c(ccc(-c4ccc(-c5ccccc5)c(C)c4/C=C\C)c3=CCC2)C1=O. The van der Waals surface area contributed by atoms with E-state index < -0.39 is 0 Å². The van der Waals surface area contributed by atoms with Crippen molar-refractivity contribution in [2.45, 2.75) is 33.6 Å². The maximum atomic E-state index is 13.6. The summed E-state index contributed by atoms with van der Waals surface area (Å²) in [5.74, 6) is -0.593. The molecule has 0 spiro atoms. The molecule has 0 radical (unpaired) electrons. The van der Waals surface area contributed by atoms with Crippen LogP contribution in [0.2, 0.25) is 0 Å². The zero-order chi connectivity index (χ0) is 26.8. The minimum absolute atomic E-state index is 0.270. The van der Waals surface area contributed by atoms with E-state index >= 15 is 0 Å². The van der Waals surface area contributed by atoms with E-state index in [1.807, 2.05) is 44.2 Å². The summed E-state index contributed by atoms with van der Waals surface area (Å²) >= 11 is 0. The Kier molecular flexibility index (Phi) is 6.93. The van der Waals surface area contributed by atoms with Crippen molar-refractivity contribution in [3.8, 4) is 22.3 Å². The standard InChI is InChI=1S/C35H31NO2/c1-5-7-9-14-23(3)36-34(37)31-18-12-17-30-29(21-22-32(33(30)31)35(36)38)28-20-19-26(24(4)27(28)13-6-2)25-15-10-8-11-16-25/h5-11,13-17,19-22H,3,12,18H2,1-2,4H3/b7-5-,13-6-,14-9-. The molecule has 1 aliphatic carbocycles. The maximum absolute atomic E-state index is 13.6. The largest absolute Gasteiger partial charge is 0.269 e. The van der Waals surface area contributed by atoms with Crippen molar-refractivity contribution in [1.29, 1.82) is 0 Å². The van der Waals surface area contributed by atoms with Gasteiger partial charge in [-0.25, -0.2) is 4.90 Å². The summed E-state index contributed by atoms with van der Waals surface area (Å²) in [7, 11) is 0. The van der Waals surface area contributed by atoms with Crippen LogP contribution >= 0.6 is 0 Å². The molecule has 188 valence electrons. The Balaban J connectivity index is 1.71. The van der Waals surface area contributed by atoms with Crippen molar-refractivity contribution in [2.24, 2.45) is 0 Å². The van der Waals surface area contributed by atoms with Gasteiger partial charge in [-0.3, -0.25) is 9.59 Å². The zero-order valence-corrected chi connectivity index (χ0v) is 22.1. The molecular weight excluding hydrogens is 466 g/mol. The monoisotopic (exact) mass is 497 g/mol. The van der Waals surface area contributed by atoms with Gasteiger partial charge in [0.05, 0.1) is 0 Å². The summed E-state index contributed by atoms with van der Waals surface area (Å²) in [4.78, 5) is 28.4. The Bertz CT molecular complexity index is 1680. The summed E-state index contributed by atoms with van der Waals surface area (Å²) in [6, 6.07) is 18.6. The van der Waals surface area contributed by atoms with Gasteiger partial charge in [-0.05, 0) is 84.4 Å². The number of nitrogens with zero attached hydrogens (tertiary/aromatic N) is 1. The van der Waals surface area contributed by atoms with Gasteiger partial charge in [0.1, 0.15) is 0 Å². The molecule has 0 bridgehead atoms. The average molecular weight is 498 g/mol. The van der Waals surface area contributed by atoms with Crippen LogP contribution in [0.15, 0.2) is 97.3 Å². The molecular formula is C35H31NO2. The number of imide groups is 1. The first kappa shape index (κ1) is 25.2. The fraction of sp³-hybridized carbons (Fsp3) is 0.143. The first-order chi connectivity index (χ1) is 18.5. The van der Waals surface area contributed by atoms with Crippen LogP contribution in [0.3, 0.4) is 0 Å². The van der Waals surface area contributed by atoms with Gasteiger partial charge in [0, 0.05) is 22.1 Å². The van der Waals surface area contributed by atoms with E-state index in [9.17, 15) is 9.59 Å². The molecule has 0 unspecified atom stereocenters. The predicted molar refractivity (Wildman–Crippen MR) is 157 cm³/mol. The Hall–Kier alpha value is -4.50. The van der Waals surface area contributed by atoms with Crippen LogP contribution in [0.1, 0.15) is 48.2 Å². The fourth-order valence-electron chi connectivity index (χ4n) is 5.51. The van der Waals surface area contributed by atoms with Gasteiger partial charge < -0.3 is 0 Å². The first-order valence-corrected chi connectivity index (χ1v) is 13.0. The number of carbonyl (C=O) groups is 2. The molecule has 1 aliphatic heterocycles. The molecule has 5 rings (SSSR count). The summed E-state index contributed by atoms with van der Waals surface area (Å²) in [6.07, 6.45) is 14.9. The molecule has 38 heavy (non-hydrogen) atoms. The molecule has 3 aromatic rings. The van der Waals surface area contributed by atoms with Crippen LogP contribution in [-0.4, -0.2) is 16.7 Å². The van der Waals surface area contributed by atoms with Crippen LogP contribution in [-0.2, 0) is 4.79 Å². The topological polar surface area (TPSA) is 37.4 Å². The smallest absolute Gasteiger partial charge is 0.265 e. The predicted octanol–water partition coefficient (Wildman–Crippen LogP) is 6.72. The number of rotatable bonds is 6. The minimum Gasteiger partial charge on any atom is -0.269 e. The third-order valence-corrected chi connectivity index (χ3v) is 7.29. The molecule has 3 nitrogen and oxygen atoms in total. The number of hydrogen-bond donors (Lipinski definition) is 0. The molecule has 0 fully saturated rings. The maximum Gasteiger partial charge on any atom is 0.265 e. The van der Waals surface area contributed by atoms with Crippen molar-refractivity contribution >= 4 is 29.5 Å². The number of allylic oxidation sites excluding steroid dienone is 5. The lowest BCUT2D eigenvalue weighted by Gasteiger charge is -2.29. The van der Waals surface area contributed by atoms with Crippen molar-refractivity contribution < 1.29 is 9.59 Å². The second kappa shape index (κ2) is 10.5. The molecule has 0 N–H and O–H groups in total. The molecule has 2 amide bonds. The third kappa shape index (κ3) is 4.20. The van der Waals surface area contributed by atoms with E-state index in [1.165, 1.54) is 21.6 Å². The van der Waals surface area contributed by atoms with Gasteiger partial charge in [-0.2, -0.15) is 0 Å². The van der Waals surface area contributed by atoms with Gasteiger partial charge in [0.25, 0.3) is 11.8 Å². The van der Waals surface area contributed by atoms with Crippen molar-refractivity contribution in [1.82, 2.24) is 4.90 Å². The van der Waals surface area contributed by atoms with Gasteiger partial charge >= 0.3 is 0 Å². The van der Waals surface area contributed by atoms with Crippen LogP contribution in [0.4, 0.5) is 0 Å². The van der Waals surface area contributed by atoms with Gasteiger partial charge in [-0.1, -0.05) is 91.6 Å². The summed E-state index contributed by atoms with van der Waals surface area (Å²) < 4.78 is 0. The molecule has 3 heteroatoms. The van der Waals surface area contributed by atoms with Gasteiger partial charge in [0.15, 0.2) is 0 Å². The second-order valence-electron chi connectivity index (χ2n) is 9.56. The van der Waals surface area contributed by atoms with E-state index in [4.69, 9.17) is 0 Å². The van der Waals surface area contributed by atoms with Crippen molar-refractivity contribution in [3.05, 3.63) is 124 Å². The highest BCUT2D eigenvalue weighted by Crippen LogP contribution is 2.34. The number of amides is 2. The Morgan fingerprint density at radius 2 is 1.55 bits per heavy atom. The third-order valence-electron chi connectivity index (χ3n) is 7.29. The highest BCUT2D eigenvalue weighted by atomic mass is 16.2. The zero-order valence-electron chi connectivity index (χ0n) is 22.1. The Labute approximate surface area is 224 Å². The van der Waals surface area contributed by atoms with Crippen LogP contribution in [0, 0.1) is 6.92 Å². The lowest BCUT2D eigenvalue weighted by Crippen LogP contribution is -2.50. The van der Waals surface area contributed by atoms with Crippen molar-refractivity contribution in [3.63, 3.8) is 0 Å². The van der Waals surface area contributed by atoms with Gasteiger partial charge in [0.2, 0.25) is 0 Å². The molecule has 2 aliphatic rings. The van der Waals surface area contributed by atoms with Crippen LogP contribution < -0.4 is 10.4 Å². The van der Waals surface area contributed by atoms with Crippen LogP contribution in [0.5, 0.6) is 0 Å². The first-order valence-electron chi connectivity index (χ1n) is 13.0. The van der Waals surface area contributed by atoms with Gasteiger partial charge in [-0.15, -0.1) is 0 Å². The molecule has 0 saturated carbocycles. The van der Waals surface area contributed by atoms with Crippen molar-refractivity contribution in [2.75, 3.05) is 0 Å². The quantitative estimate of drug-likeness (QED) is 0.280. The highest BCUT2D eigenvalue weighted by Gasteiger charge is 2.34. The van der Waals surface area contributed by atoms with E-state index in [0.717, 1.165) is 33.5 Å². The molecule has 0 atom stereocenters. The van der Waals surface area contributed by atoms with E-state index in [0.29, 0.717) is 23.3 Å². The average Bonchev–Trinajstić information content (AvgIpc) is 2.93. The lowest BCUT2D eigenvalue weighted by molar-refractivity contribution is -0.121. The lowest BCUT2D eigenvalue weighted by atomic mass is 9.84. The second-order valence-corrected chi connectivity index (χ2v) is 9.56. The van der Waals surface area contributed by atoms with E-state index in [1.54, 1.807) is 12.2 Å². The summed E-state index contributed by atoms with van der Waals surface area (Å²) in [5, 5.41) is 1.75. The Morgan fingerprint density at radius 1 is 0.842 bits per heavy atom. The number of benzene rings is 3. The van der Waals surface area contributed by atoms with Crippen LogP contribution in [0.25, 0.3) is 40.0 Å². The molecule has 1 heterocycles. The number of carbonyl (C=O) groups excluding carboxylic acids is 2. The molecule has 0 aromatic heterocycles. The fourth-order valence-corrected chi connectivity index (χ4v) is 5.51. The summed E-state index contributed by atoms with van der Waals surface area (Å²) in [5.41, 5.74) is 8.45. The Morgan fingerprint density at radius 3 is 2.29 bits per heavy atom. The van der Waals surface area contributed by atoms with E-state index in [-0.39, 0.29) is 11.8 Å². The normalized spacial score (nSPS) is 15.0. The molecule has 3 aromatic carbocycles. The van der Waals surface area contributed by atoms with E-state index in [2.05, 4.69) is 68.1 Å². The highest BCUT2D eigenvalue weighted by molar-refractivity contribution is 6.26. The summed E-state index contributed by atoms with van der Waals surface area (Å²) in [6.45, 7) is 10.1. The number of hydrogen-bond acceptors (Lipinski definition) is 2. The molecule has 0 saturated heterocycles. The minimum atomic E-state index is -0.323.